The van der Waals surface area contributed by atoms with Gasteiger partial charge in [-0.2, -0.15) is 0 Å². The van der Waals surface area contributed by atoms with Crippen LogP contribution in [0.4, 0.5) is 0 Å². The lowest BCUT2D eigenvalue weighted by atomic mass is 10.0. The number of carbonyl (C=O) groups is 1. The molecular formula is C14H10BrIO2. The Morgan fingerprint density at radius 2 is 1.89 bits per heavy atom. The second-order valence-corrected chi connectivity index (χ2v) is 5.79. The summed E-state index contributed by atoms with van der Waals surface area (Å²) < 4.78 is 6.97. The zero-order valence-electron chi connectivity index (χ0n) is 9.61. The van der Waals surface area contributed by atoms with Crippen LogP contribution in [0.2, 0.25) is 0 Å². The van der Waals surface area contributed by atoms with Crippen LogP contribution in [0.3, 0.4) is 0 Å². The molecule has 2 nitrogen and oxygen atoms in total. The first-order valence-electron chi connectivity index (χ1n) is 5.25. The SMILES string of the molecule is COc1ccc(C(=O)c2cccc(I)c2)cc1Br. The molecular weight excluding hydrogens is 407 g/mol. The van der Waals surface area contributed by atoms with Gasteiger partial charge in [-0.25, -0.2) is 0 Å². The van der Waals surface area contributed by atoms with Gasteiger partial charge in [0, 0.05) is 14.7 Å². The van der Waals surface area contributed by atoms with E-state index in [1.807, 2.05) is 24.3 Å². The molecule has 0 aliphatic heterocycles. The summed E-state index contributed by atoms with van der Waals surface area (Å²) in [6, 6.07) is 12.9. The van der Waals surface area contributed by atoms with Gasteiger partial charge in [-0.05, 0) is 68.9 Å². The molecule has 0 aromatic heterocycles. The Hall–Kier alpha value is -0.880. The molecule has 2 aromatic rings. The Kier molecular flexibility index (Phi) is 4.40. The van der Waals surface area contributed by atoms with Crippen molar-refractivity contribution in [3.63, 3.8) is 0 Å². The Morgan fingerprint density at radius 1 is 1.17 bits per heavy atom. The predicted molar refractivity (Wildman–Crippen MR) is 83.3 cm³/mol. The van der Waals surface area contributed by atoms with Crippen molar-refractivity contribution in [1.82, 2.24) is 0 Å². The molecule has 0 atom stereocenters. The molecule has 0 N–H and O–H groups in total. The topological polar surface area (TPSA) is 26.3 Å². The average Bonchev–Trinajstić information content (AvgIpc) is 2.37. The monoisotopic (exact) mass is 416 g/mol. The first kappa shape index (κ1) is 13.5. The number of hydrogen-bond donors (Lipinski definition) is 0. The van der Waals surface area contributed by atoms with E-state index in [2.05, 4.69) is 38.5 Å². The summed E-state index contributed by atoms with van der Waals surface area (Å²) in [4.78, 5) is 12.3. The number of methoxy groups -OCH3 is 1. The van der Waals surface area contributed by atoms with Gasteiger partial charge >= 0.3 is 0 Å². The van der Waals surface area contributed by atoms with Gasteiger partial charge in [-0.1, -0.05) is 12.1 Å². The predicted octanol–water partition coefficient (Wildman–Crippen LogP) is 4.29. The fourth-order valence-corrected chi connectivity index (χ4v) is 2.69. The van der Waals surface area contributed by atoms with Crippen LogP contribution in [0.5, 0.6) is 5.75 Å². The van der Waals surface area contributed by atoms with Gasteiger partial charge in [0.15, 0.2) is 5.78 Å². The van der Waals surface area contributed by atoms with Crippen molar-refractivity contribution in [2.24, 2.45) is 0 Å². The largest absolute Gasteiger partial charge is 0.496 e. The molecule has 4 heteroatoms. The summed E-state index contributed by atoms with van der Waals surface area (Å²) in [6.07, 6.45) is 0. The lowest BCUT2D eigenvalue weighted by Crippen LogP contribution is -2.01. The van der Waals surface area contributed by atoms with Crippen LogP contribution < -0.4 is 4.74 Å². The standard InChI is InChI=1S/C14H10BrIO2/c1-18-13-6-5-10(8-12(13)15)14(17)9-3-2-4-11(16)7-9/h2-8H,1H3. The zero-order valence-corrected chi connectivity index (χ0v) is 13.4. The van der Waals surface area contributed by atoms with E-state index < -0.39 is 0 Å². The lowest BCUT2D eigenvalue weighted by molar-refractivity contribution is 0.103. The van der Waals surface area contributed by atoms with E-state index in [1.54, 1.807) is 25.3 Å². The van der Waals surface area contributed by atoms with Crippen LogP contribution in [0.25, 0.3) is 0 Å². The maximum absolute atomic E-state index is 12.3. The smallest absolute Gasteiger partial charge is 0.193 e. The Morgan fingerprint density at radius 3 is 2.50 bits per heavy atom. The molecule has 0 bridgehead atoms. The summed E-state index contributed by atoms with van der Waals surface area (Å²) in [7, 11) is 1.60. The van der Waals surface area contributed by atoms with Crippen molar-refractivity contribution in [3.05, 3.63) is 61.6 Å². The average molecular weight is 417 g/mol. The van der Waals surface area contributed by atoms with Crippen molar-refractivity contribution in [3.8, 4) is 5.75 Å². The van der Waals surface area contributed by atoms with Gasteiger partial charge in [0.1, 0.15) is 5.75 Å². The van der Waals surface area contributed by atoms with E-state index in [0.29, 0.717) is 16.9 Å². The molecule has 0 saturated heterocycles. The number of ketones is 1. The molecule has 0 saturated carbocycles. The molecule has 2 aromatic carbocycles. The number of halogens is 2. The molecule has 2 rings (SSSR count). The third-order valence-corrected chi connectivity index (χ3v) is 3.79. The van der Waals surface area contributed by atoms with E-state index in [9.17, 15) is 4.79 Å². The second kappa shape index (κ2) is 5.84. The summed E-state index contributed by atoms with van der Waals surface area (Å²) >= 11 is 5.58. The van der Waals surface area contributed by atoms with Crippen molar-refractivity contribution in [2.75, 3.05) is 7.11 Å². The van der Waals surface area contributed by atoms with E-state index in [1.165, 1.54) is 0 Å². The summed E-state index contributed by atoms with van der Waals surface area (Å²) in [6.45, 7) is 0. The first-order valence-corrected chi connectivity index (χ1v) is 7.13. The van der Waals surface area contributed by atoms with Gasteiger partial charge in [-0.3, -0.25) is 4.79 Å². The Labute approximate surface area is 128 Å². The maximum atomic E-state index is 12.3. The highest BCUT2D eigenvalue weighted by Gasteiger charge is 2.11. The highest BCUT2D eigenvalue weighted by atomic mass is 127. The number of benzene rings is 2. The van der Waals surface area contributed by atoms with Gasteiger partial charge in [-0.15, -0.1) is 0 Å². The molecule has 0 unspecified atom stereocenters. The quantitative estimate of drug-likeness (QED) is 0.551. The van der Waals surface area contributed by atoms with Crippen molar-refractivity contribution in [2.45, 2.75) is 0 Å². The molecule has 0 spiro atoms. The highest BCUT2D eigenvalue weighted by Crippen LogP contribution is 2.26. The van der Waals surface area contributed by atoms with E-state index in [-0.39, 0.29) is 5.78 Å². The van der Waals surface area contributed by atoms with Crippen LogP contribution in [0.15, 0.2) is 46.9 Å². The van der Waals surface area contributed by atoms with Gasteiger partial charge in [0.25, 0.3) is 0 Å². The molecule has 0 aliphatic rings. The van der Waals surface area contributed by atoms with E-state index >= 15 is 0 Å². The van der Waals surface area contributed by atoms with Crippen LogP contribution in [0.1, 0.15) is 15.9 Å². The van der Waals surface area contributed by atoms with Gasteiger partial charge < -0.3 is 4.74 Å². The molecule has 0 heterocycles. The first-order chi connectivity index (χ1) is 8.61. The van der Waals surface area contributed by atoms with E-state index in [4.69, 9.17) is 4.74 Å². The molecule has 0 radical (unpaired) electrons. The van der Waals surface area contributed by atoms with Crippen molar-refractivity contribution < 1.29 is 9.53 Å². The summed E-state index contributed by atoms with van der Waals surface area (Å²) in [5.41, 5.74) is 1.34. The van der Waals surface area contributed by atoms with Crippen LogP contribution in [-0.2, 0) is 0 Å². The van der Waals surface area contributed by atoms with Gasteiger partial charge in [0.05, 0.1) is 11.6 Å². The molecule has 0 aliphatic carbocycles. The minimum atomic E-state index is 0.0110. The Balaban J connectivity index is 2.37. The zero-order chi connectivity index (χ0) is 13.1. The third-order valence-electron chi connectivity index (χ3n) is 2.50. The van der Waals surface area contributed by atoms with E-state index in [0.717, 1.165) is 8.04 Å². The minimum Gasteiger partial charge on any atom is -0.496 e. The third kappa shape index (κ3) is 2.92. The molecule has 92 valence electrons. The summed E-state index contributed by atoms with van der Waals surface area (Å²) in [5, 5.41) is 0. The Bertz CT molecular complexity index is 596. The molecule has 0 amide bonds. The van der Waals surface area contributed by atoms with Gasteiger partial charge in [0.2, 0.25) is 0 Å². The van der Waals surface area contributed by atoms with Crippen LogP contribution in [0, 0.1) is 3.57 Å². The minimum absolute atomic E-state index is 0.0110. The maximum Gasteiger partial charge on any atom is 0.193 e. The fraction of sp³-hybridized carbons (Fsp3) is 0.0714. The normalized spacial score (nSPS) is 10.2. The number of rotatable bonds is 3. The molecule has 0 fully saturated rings. The summed E-state index contributed by atoms with van der Waals surface area (Å²) in [5.74, 6) is 0.728. The second-order valence-electron chi connectivity index (χ2n) is 3.69. The number of hydrogen-bond acceptors (Lipinski definition) is 2. The van der Waals surface area contributed by atoms with Crippen molar-refractivity contribution in [1.29, 1.82) is 0 Å². The number of ether oxygens (including phenoxy) is 1. The van der Waals surface area contributed by atoms with Crippen LogP contribution >= 0.6 is 38.5 Å². The highest BCUT2D eigenvalue weighted by molar-refractivity contribution is 14.1. The van der Waals surface area contributed by atoms with Crippen molar-refractivity contribution >= 4 is 44.3 Å². The van der Waals surface area contributed by atoms with Crippen LogP contribution in [-0.4, -0.2) is 12.9 Å². The molecule has 18 heavy (non-hydrogen) atoms. The lowest BCUT2D eigenvalue weighted by Gasteiger charge is -2.06. The number of carbonyl (C=O) groups excluding carboxylic acids is 1. The fourth-order valence-electron chi connectivity index (χ4n) is 1.60.